The highest BCUT2D eigenvalue weighted by Crippen LogP contribution is 2.51. The van der Waals surface area contributed by atoms with Crippen LogP contribution in [0.1, 0.15) is 74.7 Å². The van der Waals surface area contributed by atoms with Crippen LogP contribution in [-0.2, 0) is 52.3 Å². The number of aliphatic hydroxyl groups excluding tert-OH is 1. The van der Waals surface area contributed by atoms with E-state index in [1.807, 2.05) is 13.8 Å². The molecule has 15 nitrogen and oxygen atoms in total. The number of esters is 3. The topological polar surface area (TPSA) is 194 Å². The molecule has 0 aliphatic heterocycles. The van der Waals surface area contributed by atoms with Crippen molar-refractivity contribution < 1.29 is 97.4 Å². The maximum Gasteiger partial charge on any atom is 0.423 e. The Balaban J connectivity index is 3.15. The normalized spacial score (nSPS) is 19.7. The van der Waals surface area contributed by atoms with Gasteiger partial charge in [-0.15, -0.1) is 0 Å². The molecule has 0 aromatic heterocycles. The SMILES string of the molecule is C=CC(=O)OCC(COC(=O)C=C)(COC(=O)C=C)OC(C)(C)C(=O)NCC1CC(C)(C)CC(C)(NC(=O)OCC(F)(F)OC(C)(C)C(F)(F)C(F)(F)OC(C)(P)C(F)(F)CO)C1. The maximum absolute atomic E-state index is 15.0. The Kier molecular flexibility index (Phi) is 19.0. The summed E-state index contributed by atoms with van der Waals surface area (Å²) in [4.78, 5) is 62.5. The lowest BCUT2D eigenvalue weighted by Gasteiger charge is -2.47. The quantitative estimate of drug-likeness (QED) is 0.0318. The van der Waals surface area contributed by atoms with Crippen LogP contribution >= 0.6 is 9.24 Å². The minimum atomic E-state index is -5.88. The predicted octanol–water partition coefficient (Wildman–Crippen LogP) is 5.99. The number of hydrogen-bond acceptors (Lipinski definition) is 13. The van der Waals surface area contributed by atoms with Crippen molar-refractivity contribution in [3.8, 4) is 0 Å². The van der Waals surface area contributed by atoms with Gasteiger partial charge in [0.1, 0.15) is 37.6 Å². The standard InChI is InChI=1S/C39H57F8N2O13P/c1-12-25(51)56-20-35(21-57-26(52)13-2,22-58-27(53)14-3)60-31(6,7)28(54)48-17-24-15-30(4,5)18-33(10,16-24)49-29(55)59-23-37(42,43)61-32(8,9)38(44,45)39(46,47)62-34(11,63)36(40,41)19-50/h12-14,24,50H,1-3,15-23,63H2,4-11H3,(H,48,54)(H,49,55). The summed E-state index contributed by atoms with van der Waals surface area (Å²) in [6, 6.07) is 0. The number of halogens is 8. The highest BCUT2D eigenvalue weighted by atomic mass is 31.0. The van der Waals surface area contributed by atoms with E-state index < -0.39 is 126 Å². The molecule has 0 aromatic rings. The van der Waals surface area contributed by atoms with Crippen molar-refractivity contribution in [3.05, 3.63) is 38.0 Å². The van der Waals surface area contributed by atoms with Gasteiger partial charge in [0.2, 0.25) is 0 Å². The number of amides is 2. The average molecular weight is 945 g/mol. The van der Waals surface area contributed by atoms with Crippen LogP contribution in [0.25, 0.3) is 0 Å². The second kappa shape index (κ2) is 20.9. The average Bonchev–Trinajstić information content (AvgIpc) is 3.13. The molecule has 63 heavy (non-hydrogen) atoms. The molecule has 0 aromatic carbocycles. The van der Waals surface area contributed by atoms with Crippen molar-refractivity contribution in [3.63, 3.8) is 0 Å². The van der Waals surface area contributed by atoms with Gasteiger partial charge in [-0.2, -0.15) is 26.3 Å². The van der Waals surface area contributed by atoms with Gasteiger partial charge in [0.25, 0.3) is 5.91 Å². The molecular formula is C39H57F8N2O13P. The van der Waals surface area contributed by atoms with Crippen molar-refractivity contribution in [1.29, 1.82) is 0 Å². The van der Waals surface area contributed by atoms with E-state index in [1.165, 1.54) is 20.8 Å². The summed E-state index contributed by atoms with van der Waals surface area (Å²) < 4.78 is 151. The summed E-state index contributed by atoms with van der Waals surface area (Å²) in [5, 5.41) is 10.4. The first-order valence-electron chi connectivity index (χ1n) is 18.9. The molecule has 4 atom stereocenters. The highest BCUT2D eigenvalue weighted by Gasteiger charge is 2.72. The first-order valence-corrected chi connectivity index (χ1v) is 19.5. The number of carbonyl (C=O) groups excluding carboxylic acids is 5. The number of alkyl halides is 8. The van der Waals surface area contributed by atoms with Crippen LogP contribution < -0.4 is 10.6 Å². The summed E-state index contributed by atoms with van der Waals surface area (Å²) in [5.74, 6) is -14.2. The molecule has 24 heteroatoms. The molecule has 0 radical (unpaired) electrons. The monoisotopic (exact) mass is 944 g/mol. The Labute approximate surface area is 362 Å². The van der Waals surface area contributed by atoms with Gasteiger partial charge in [0.15, 0.2) is 17.6 Å². The van der Waals surface area contributed by atoms with Crippen molar-refractivity contribution in [1.82, 2.24) is 10.6 Å². The van der Waals surface area contributed by atoms with E-state index in [0.29, 0.717) is 6.42 Å². The van der Waals surface area contributed by atoms with Gasteiger partial charge in [-0.1, -0.05) is 42.8 Å². The van der Waals surface area contributed by atoms with Crippen molar-refractivity contribution in [2.45, 2.75) is 126 Å². The molecule has 4 unspecified atom stereocenters. The predicted molar refractivity (Wildman–Crippen MR) is 210 cm³/mol. The van der Waals surface area contributed by atoms with E-state index in [1.54, 1.807) is 0 Å². The number of aliphatic hydroxyl groups is 1. The Morgan fingerprint density at radius 3 is 1.62 bits per heavy atom. The third kappa shape index (κ3) is 16.2. The van der Waals surface area contributed by atoms with Crippen LogP contribution in [0.3, 0.4) is 0 Å². The molecule has 1 aliphatic carbocycles. The van der Waals surface area contributed by atoms with Crippen molar-refractivity contribution in [2.75, 3.05) is 39.6 Å². The molecule has 0 bridgehead atoms. The van der Waals surface area contributed by atoms with Gasteiger partial charge in [0.05, 0.1) is 0 Å². The number of ether oxygens (including phenoxy) is 7. The molecule has 1 aliphatic rings. The zero-order chi connectivity index (χ0) is 49.3. The van der Waals surface area contributed by atoms with E-state index in [0.717, 1.165) is 27.5 Å². The molecule has 2 amide bonds. The molecule has 3 N–H and O–H groups in total. The van der Waals surface area contributed by atoms with Gasteiger partial charge in [-0.05, 0) is 72.1 Å². The van der Waals surface area contributed by atoms with Crippen molar-refractivity contribution in [2.24, 2.45) is 11.3 Å². The fourth-order valence-corrected chi connectivity index (χ4v) is 7.02. The molecular weight excluding hydrogens is 887 g/mol. The van der Waals surface area contributed by atoms with Gasteiger partial charge < -0.3 is 44.2 Å². The third-order valence-corrected chi connectivity index (χ3v) is 10.1. The molecule has 0 spiro atoms. The van der Waals surface area contributed by atoms with Gasteiger partial charge in [-0.25, -0.2) is 28.0 Å². The van der Waals surface area contributed by atoms with E-state index in [-0.39, 0.29) is 40.2 Å². The first-order chi connectivity index (χ1) is 28.3. The minimum absolute atomic E-state index is 0.0756. The molecule has 1 saturated carbocycles. The van der Waals surface area contributed by atoms with Crippen LogP contribution in [-0.4, -0.2) is 126 Å². The lowest BCUT2D eigenvalue weighted by Crippen LogP contribution is -2.63. The second-order valence-electron chi connectivity index (χ2n) is 17.2. The van der Waals surface area contributed by atoms with Crippen LogP contribution in [0.15, 0.2) is 38.0 Å². The number of nitrogens with one attached hydrogen (secondary N) is 2. The number of carbonyl (C=O) groups is 5. The van der Waals surface area contributed by atoms with E-state index >= 15 is 0 Å². The van der Waals surface area contributed by atoms with Crippen molar-refractivity contribution >= 4 is 39.1 Å². The van der Waals surface area contributed by atoms with E-state index in [2.05, 4.69) is 44.6 Å². The molecule has 0 saturated heterocycles. The third-order valence-electron chi connectivity index (χ3n) is 9.52. The Bertz CT molecular complexity index is 1630. The molecule has 1 fully saturated rings. The van der Waals surface area contributed by atoms with Crippen LogP contribution in [0.2, 0.25) is 0 Å². The lowest BCUT2D eigenvalue weighted by molar-refractivity contribution is -0.437. The van der Waals surface area contributed by atoms with Crippen LogP contribution in [0, 0.1) is 11.3 Å². The lowest BCUT2D eigenvalue weighted by atomic mass is 9.64. The summed E-state index contributed by atoms with van der Waals surface area (Å²) in [7, 11) is 1.05. The fraction of sp³-hybridized carbons (Fsp3) is 0.718. The maximum atomic E-state index is 15.0. The second-order valence-corrected chi connectivity index (χ2v) is 18.3. The molecule has 362 valence electrons. The summed E-state index contributed by atoms with van der Waals surface area (Å²) in [6.07, 6.45) is -9.03. The van der Waals surface area contributed by atoms with Gasteiger partial charge >= 0.3 is 48.1 Å². The smallest absolute Gasteiger partial charge is 0.423 e. The summed E-state index contributed by atoms with van der Waals surface area (Å²) in [5.41, 5.74) is -9.47. The number of rotatable bonds is 25. The molecule has 1 rings (SSSR count). The zero-order valence-electron chi connectivity index (χ0n) is 36.2. The van der Waals surface area contributed by atoms with E-state index in [4.69, 9.17) is 24.1 Å². The minimum Gasteiger partial charge on any atom is -0.459 e. The Hall–Kier alpha value is -3.92. The van der Waals surface area contributed by atoms with Crippen LogP contribution in [0.4, 0.5) is 39.9 Å². The number of alkyl carbamates (subject to hydrolysis) is 1. The highest BCUT2D eigenvalue weighted by molar-refractivity contribution is 7.18. The summed E-state index contributed by atoms with van der Waals surface area (Å²) in [6.45, 7) is 11.7. The van der Waals surface area contributed by atoms with Gasteiger partial charge in [-0.3, -0.25) is 9.53 Å². The Morgan fingerprint density at radius 1 is 0.730 bits per heavy atom. The zero-order valence-corrected chi connectivity index (χ0v) is 37.4. The van der Waals surface area contributed by atoms with Crippen LogP contribution in [0.5, 0.6) is 0 Å². The first kappa shape index (κ1) is 57.1. The summed E-state index contributed by atoms with van der Waals surface area (Å²) >= 11 is 0. The Morgan fingerprint density at radius 2 is 1.19 bits per heavy atom. The number of hydrogen-bond donors (Lipinski definition) is 3. The van der Waals surface area contributed by atoms with Gasteiger partial charge in [0, 0.05) is 30.3 Å². The fourth-order valence-electron chi connectivity index (χ4n) is 6.78. The molecule has 0 heterocycles. The van der Waals surface area contributed by atoms with E-state index in [9.17, 15) is 59.1 Å². The largest absolute Gasteiger partial charge is 0.459 e.